The molecule has 0 fully saturated rings. The molecular weight excluding hydrogens is 204 g/mol. The molecular formula is C13H22OS. The van der Waals surface area contributed by atoms with Gasteiger partial charge in [-0.15, -0.1) is 11.3 Å². The number of aliphatic hydroxyl groups is 1. The lowest BCUT2D eigenvalue weighted by atomic mass is 9.87. The zero-order chi connectivity index (χ0) is 11.4. The molecule has 0 spiro atoms. The molecule has 0 aliphatic carbocycles. The summed E-state index contributed by atoms with van der Waals surface area (Å²) in [7, 11) is 0. The summed E-state index contributed by atoms with van der Waals surface area (Å²) in [5, 5.41) is 9.71. The summed E-state index contributed by atoms with van der Waals surface area (Å²) in [4.78, 5) is 2.85. The van der Waals surface area contributed by atoms with Crippen LogP contribution in [0.15, 0.2) is 12.1 Å². The minimum absolute atomic E-state index is 0.211. The van der Waals surface area contributed by atoms with Crippen molar-refractivity contribution in [1.29, 1.82) is 0 Å². The third-order valence-corrected chi connectivity index (χ3v) is 4.23. The molecule has 1 heterocycles. The van der Waals surface area contributed by atoms with Crippen LogP contribution in [0.2, 0.25) is 0 Å². The standard InChI is InChI=1S/C13H22OS/c1-5-11-6-7-12(15-11)8-13(9(2)3)10(4)14/h6-7,9-10,13-14H,5,8H2,1-4H3. The topological polar surface area (TPSA) is 20.2 Å². The Hall–Kier alpha value is -0.340. The smallest absolute Gasteiger partial charge is 0.0546 e. The first-order chi connectivity index (χ1) is 7.04. The fourth-order valence-electron chi connectivity index (χ4n) is 1.92. The number of aliphatic hydroxyl groups excluding tert-OH is 1. The normalized spacial score (nSPS) is 15.6. The van der Waals surface area contributed by atoms with Crippen molar-refractivity contribution in [2.24, 2.45) is 11.8 Å². The second kappa shape index (κ2) is 5.66. The van der Waals surface area contributed by atoms with Crippen molar-refractivity contribution < 1.29 is 5.11 Å². The summed E-state index contributed by atoms with van der Waals surface area (Å²) >= 11 is 1.88. The van der Waals surface area contributed by atoms with Crippen molar-refractivity contribution in [1.82, 2.24) is 0 Å². The van der Waals surface area contributed by atoms with E-state index in [1.165, 1.54) is 9.75 Å². The number of hydrogen-bond donors (Lipinski definition) is 1. The monoisotopic (exact) mass is 226 g/mol. The molecule has 0 saturated heterocycles. The van der Waals surface area contributed by atoms with Crippen LogP contribution in [-0.2, 0) is 12.8 Å². The number of rotatable bonds is 5. The molecule has 0 aliphatic rings. The van der Waals surface area contributed by atoms with Gasteiger partial charge in [0.25, 0.3) is 0 Å². The lowest BCUT2D eigenvalue weighted by Gasteiger charge is -2.23. The van der Waals surface area contributed by atoms with Crippen molar-refractivity contribution in [3.05, 3.63) is 21.9 Å². The van der Waals surface area contributed by atoms with Crippen LogP contribution in [0.4, 0.5) is 0 Å². The third kappa shape index (κ3) is 3.62. The Balaban J connectivity index is 2.65. The van der Waals surface area contributed by atoms with Crippen molar-refractivity contribution in [3.63, 3.8) is 0 Å². The minimum Gasteiger partial charge on any atom is -0.393 e. The van der Waals surface area contributed by atoms with Crippen LogP contribution < -0.4 is 0 Å². The lowest BCUT2D eigenvalue weighted by Crippen LogP contribution is -2.24. The molecule has 1 nitrogen and oxygen atoms in total. The molecule has 1 aromatic heterocycles. The Morgan fingerprint density at radius 2 is 1.80 bits per heavy atom. The SMILES string of the molecule is CCc1ccc(CC(C(C)C)C(C)O)s1. The highest BCUT2D eigenvalue weighted by Crippen LogP contribution is 2.25. The maximum atomic E-state index is 9.71. The summed E-state index contributed by atoms with van der Waals surface area (Å²) < 4.78 is 0. The van der Waals surface area contributed by atoms with Gasteiger partial charge in [0.05, 0.1) is 6.10 Å². The van der Waals surface area contributed by atoms with E-state index in [1.807, 2.05) is 18.3 Å². The maximum Gasteiger partial charge on any atom is 0.0546 e. The number of aryl methyl sites for hydroxylation is 1. The number of thiophene rings is 1. The van der Waals surface area contributed by atoms with Gasteiger partial charge in [0, 0.05) is 9.75 Å². The number of hydrogen-bond acceptors (Lipinski definition) is 2. The Kier molecular flexibility index (Phi) is 4.81. The highest BCUT2D eigenvalue weighted by molar-refractivity contribution is 7.11. The van der Waals surface area contributed by atoms with E-state index in [9.17, 15) is 5.11 Å². The fraction of sp³-hybridized carbons (Fsp3) is 0.692. The van der Waals surface area contributed by atoms with Gasteiger partial charge in [0.1, 0.15) is 0 Å². The molecule has 0 radical (unpaired) electrons. The van der Waals surface area contributed by atoms with E-state index in [1.54, 1.807) is 0 Å². The van der Waals surface area contributed by atoms with E-state index in [-0.39, 0.29) is 6.10 Å². The Bertz CT molecular complexity index is 280. The molecule has 15 heavy (non-hydrogen) atoms. The van der Waals surface area contributed by atoms with Crippen LogP contribution in [0.5, 0.6) is 0 Å². The maximum absolute atomic E-state index is 9.71. The molecule has 86 valence electrons. The predicted octanol–water partition coefficient (Wildman–Crippen LogP) is 3.51. The van der Waals surface area contributed by atoms with Gasteiger partial charge in [-0.05, 0) is 43.7 Å². The second-order valence-corrected chi connectivity index (χ2v) is 5.83. The van der Waals surface area contributed by atoms with Crippen LogP contribution in [-0.4, -0.2) is 11.2 Å². The molecule has 1 rings (SSSR count). The summed E-state index contributed by atoms with van der Waals surface area (Å²) in [5.41, 5.74) is 0. The van der Waals surface area contributed by atoms with Crippen LogP contribution in [0.1, 0.15) is 37.4 Å². The highest BCUT2D eigenvalue weighted by Gasteiger charge is 2.19. The van der Waals surface area contributed by atoms with Gasteiger partial charge < -0.3 is 5.11 Å². The Morgan fingerprint density at radius 1 is 1.20 bits per heavy atom. The van der Waals surface area contributed by atoms with Crippen molar-refractivity contribution in [2.45, 2.75) is 46.6 Å². The van der Waals surface area contributed by atoms with Crippen LogP contribution in [0.25, 0.3) is 0 Å². The summed E-state index contributed by atoms with van der Waals surface area (Å²) in [6, 6.07) is 4.42. The molecule has 2 heteroatoms. The van der Waals surface area contributed by atoms with Crippen molar-refractivity contribution in [3.8, 4) is 0 Å². The van der Waals surface area contributed by atoms with E-state index in [2.05, 4.69) is 32.9 Å². The quantitative estimate of drug-likeness (QED) is 0.814. The average Bonchev–Trinajstić information content (AvgIpc) is 2.60. The first-order valence-electron chi connectivity index (χ1n) is 5.80. The van der Waals surface area contributed by atoms with Crippen molar-refractivity contribution in [2.75, 3.05) is 0 Å². The van der Waals surface area contributed by atoms with E-state index in [4.69, 9.17) is 0 Å². The zero-order valence-corrected chi connectivity index (χ0v) is 11.0. The van der Waals surface area contributed by atoms with Crippen LogP contribution in [0, 0.1) is 11.8 Å². The zero-order valence-electron chi connectivity index (χ0n) is 10.2. The summed E-state index contributed by atoms with van der Waals surface area (Å²) in [6.07, 6.45) is 1.92. The van der Waals surface area contributed by atoms with E-state index >= 15 is 0 Å². The minimum atomic E-state index is -0.211. The van der Waals surface area contributed by atoms with Crippen LogP contribution >= 0.6 is 11.3 Å². The molecule has 2 atom stereocenters. The average molecular weight is 226 g/mol. The summed E-state index contributed by atoms with van der Waals surface area (Å²) in [6.45, 7) is 8.46. The van der Waals surface area contributed by atoms with Crippen LogP contribution in [0.3, 0.4) is 0 Å². The molecule has 0 aromatic carbocycles. The lowest BCUT2D eigenvalue weighted by molar-refractivity contribution is 0.0982. The van der Waals surface area contributed by atoms with Gasteiger partial charge in [-0.3, -0.25) is 0 Å². The van der Waals surface area contributed by atoms with E-state index < -0.39 is 0 Å². The molecule has 0 saturated carbocycles. The van der Waals surface area contributed by atoms with E-state index in [0.29, 0.717) is 11.8 Å². The van der Waals surface area contributed by atoms with Gasteiger partial charge in [-0.1, -0.05) is 20.8 Å². The highest BCUT2D eigenvalue weighted by atomic mass is 32.1. The van der Waals surface area contributed by atoms with Crippen molar-refractivity contribution >= 4 is 11.3 Å². The largest absolute Gasteiger partial charge is 0.393 e. The molecule has 1 N–H and O–H groups in total. The first-order valence-corrected chi connectivity index (χ1v) is 6.61. The molecule has 0 bridgehead atoms. The summed E-state index contributed by atoms with van der Waals surface area (Å²) in [5.74, 6) is 0.922. The van der Waals surface area contributed by atoms with E-state index in [0.717, 1.165) is 12.8 Å². The molecule has 2 unspecified atom stereocenters. The second-order valence-electron chi connectivity index (χ2n) is 4.57. The van der Waals surface area contributed by atoms with Gasteiger partial charge in [0.2, 0.25) is 0 Å². The van der Waals surface area contributed by atoms with Gasteiger partial charge in [-0.25, -0.2) is 0 Å². The molecule has 1 aromatic rings. The molecule has 0 amide bonds. The fourth-order valence-corrected chi connectivity index (χ4v) is 2.95. The third-order valence-electron chi connectivity index (χ3n) is 2.98. The first kappa shape index (κ1) is 12.7. The van der Waals surface area contributed by atoms with Gasteiger partial charge in [-0.2, -0.15) is 0 Å². The predicted molar refractivity (Wildman–Crippen MR) is 67.4 cm³/mol. The molecule has 0 aliphatic heterocycles. The van der Waals surface area contributed by atoms with Gasteiger partial charge >= 0.3 is 0 Å². The Labute approximate surface area is 97.2 Å². The van der Waals surface area contributed by atoms with Gasteiger partial charge in [0.15, 0.2) is 0 Å². The Morgan fingerprint density at radius 3 is 2.20 bits per heavy atom.